The van der Waals surface area contributed by atoms with E-state index in [0.717, 1.165) is 29.9 Å². The molecule has 0 spiro atoms. The van der Waals surface area contributed by atoms with Crippen LogP contribution in [0.1, 0.15) is 49.7 Å². The first-order valence-corrected chi connectivity index (χ1v) is 9.89. The molecule has 2 unspecified atom stereocenters. The van der Waals surface area contributed by atoms with Crippen molar-refractivity contribution < 1.29 is 0 Å². The summed E-state index contributed by atoms with van der Waals surface area (Å²) in [6, 6.07) is 14.7. The largest absolute Gasteiger partial charge is 0.374 e. The average molecular weight is 369 g/mol. The molecule has 3 rings (SSSR count). The van der Waals surface area contributed by atoms with Crippen molar-refractivity contribution in [3.8, 4) is 0 Å². The van der Waals surface area contributed by atoms with Crippen LogP contribution in [0.2, 0.25) is 0 Å². The molecule has 138 valence electrons. The van der Waals surface area contributed by atoms with E-state index in [-0.39, 0.29) is 5.54 Å². The van der Waals surface area contributed by atoms with Crippen LogP contribution in [0.3, 0.4) is 0 Å². The average Bonchev–Trinajstić information content (AvgIpc) is 3.13. The van der Waals surface area contributed by atoms with Crippen LogP contribution < -0.4 is 16.2 Å². The molecule has 0 aliphatic carbocycles. The Morgan fingerprint density at radius 2 is 2.08 bits per heavy atom. The Kier molecular flexibility index (Phi) is 6.72. The maximum absolute atomic E-state index is 5.92. The molecule has 1 aliphatic rings. The second kappa shape index (κ2) is 9.21. The number of pyridine rings is 1. The highest BCUT2D eigenvalue weighted by Crippen LogP contribution is 2.36. The molecule has 3 N–H and O–H groups in total. The summed E-state index contributed by atoms with van der Waals surface area (Å²) in [7, 11) is 0. The van der Waals surface area contributed by atoms with E-state index in [2.05, 4.69) is 64.5 Å². The van der Waals surface area contributed by atoms with Crippen molar-refractivity contribution in [3.05, 3.63) is 66.0 Å². The second-order valence-electron chi connectivity index (χ2n) is 6.94. The fraction of sp³-hybridized carbons (Fsp3) is 0.429. The molecule has 1 aromatic carbocycles. The van der Waals surface area contributed by atoms with Gasteiger partial charge >= 0.3 is 0 Å². The van der Waals surface area contributed by atoms with Gasteiger partial charge in [0.2, 0.25) is 0 Å². The molecular formula is C21H28N4S. The quantitative estimate of drug-likeness (QED) is 0.490. The van der Waals surface area contributed by atoms with Crippen molar-refractivity contribution in [1.82, 2.24) is 21.2 Å². The lowest BCUT2D eigenvalue weighted by Gasteiger charge is -2.36. The van der Waals surface area contributed by atoms with Gasteiger partial charge < -0.3 is 5.32 Å². The third-order valence-electron chi connectivity index (χ3n) is 5.17. The Morgan fingerprint density at radius 3 is 2.81 bits per heavy atom. The highest BCUT2D eigenvalue weighted by atomic mass is 32.1. The van der Waals surface area contributed by atoms with Crippen molar-refractivity contribution in [2.45, 2.75) is 50.6 Å². The lowest BCUT2D eigenvalue weighted by Crippen LogP contribution is -2.57. The molecule has 26 heavy (non-hydrogen) atoms. The normalized spacial score (nSPS) is 22.3. The van der Waals surface area contributed by atoms with Crippen molar-refractivity contribution in [2.24, 2.45) is 0 Å². The van der Waals surface area contributed by atoms with Gasteiger partial charge in [-0.3, -0.25) is 10.4 Å². The molecule has 0 radical (unpaired) electrons. The molecule has 0 saturated carbocycles. The van der Waals surface area contributed by atoms with Crippen LogP contribution in [-0.4, -0.2) is 22.1 Å². The summed E-state index contributed by atoms with van der Waals surface area (Å²) in [6.07, 6.45) is 8.28. The zero-order valence-corrected chi connectivity index (χ0v) is 16.2. The number of rotatable bonds is 8. The molecule has 0 amide bonds. The number of nitrogens with one attached hydrogen (secondary N) is 3. The van der Waals surface area contributed by atoms with E-state index in [9.17, 15) is 0 Å². The van der Waals surface area contributed by atoms with E-state index in [1.807, 2.05) is 12.3 Å². The molecule has 1 saturated heterocycles. The number of unbranched alkanes of at least 4 members (excludes halogenated alkanes) is 2. The molecule has 1 aromatic heterocycles. The molecule has 2 heterocycles. The van der Waals surface area contributed by atoms with Gasteiger partial charge in [-0.1, -0.05) is 74.8 Å². The SMILES string of the molecule is CCCCCC1(C(=S)NCc2cccnc2)NNCC1c1ccccc1. The maximum atomic E-state index is 5.92. The van der Waals surface area contributed by atoms with Gasteiger partial charge in [0.05, 0.1) is 10.5 Å². The van der Waals surface area contributed by atoms with Crippen LogP contribution in [0.15, 0.2) is 54.9 Å². The molecule has 1 aliphatic heterocycles. The van der Waals surface area contributed by atoms with Crippen LogP contribution in [0.4, 0.5) is 0 Å². The summed E-state index contributed by atoms with van der Waals surface area (Å²) in [5.74, 6) is 0.314. The van der Waals surface area contributed by atoms with Gasteiger partial charge in [0, 0.05) is 31.4 Å². The van der Waals surface area contributed by atoms with Gasteiger partial charge in [-0.15, -0.1) is 0 Å². The number of hydrazine groups is 1. The summed E-state index contributed by atoms with van der Waals surface area (Å²) >= 11 is 5.92. The zero-order valence-electron chi connectivity index (χ0n) is 15.4. The van der Waals surface area contributed by atoms with Gasteiger partial charge in [-0.2, -0.15) is 0 Å². The van der Waals surface area contributed by atoms with E-state index >= 15 is 0 Å². The first-order chi connectivity index (χ1) is 12.8. The Hall–Kier alpha value is -1.82. The number of aromatic nitrogens is 1. The zero-order chi connectivity index (χ0) is 18.2. The third kappa shape index (κ3) is 4.29. The van der Waals surface area contributed by atoms with Crippen molar-refractivity contribution >= 4 is 17.2 Å². The number of hydrogen-bond donors (Lipinski definition) is 3. The lowest BCUT2D eigenvalue weighted by molar-refractivity contribution is 0.388. The standard InChI is InChI=1S/C21H28N4S/c1-2-3-7-12-21(20(26)23-15-17-9-8-13-22-14-17)19(16-24-25-21)18-10-5-4-6-11-18/h4-6,8-11,13-14,19,24-25H,2-3,7,12,15-16H2,1H3,(H,23,26). The van der Waals surface area contributed by atoms with Gasteiger partial charge in [-0.25, -0.2) is 5.43 Å². The molecular weight excluding hydrogens is 340 g/mol. The minimum atomic E-state index is -0.256. The predicted octanol–water partition coefficient (Wildman–Crippen LogP) is 3.71. The molecule has 1 fully saturated rings. The van der Waals surface area contributed by atoms with Crippen LogP contribution in [0.5, 0.6) is 0 Å². The van der Waals surface area contributed by atoms with Crippen LogP contribution in [0.25, 0.3) is 0 Å². The molecule has 5 heteroatoms. The second-order valence-corrected chi connectivity index (χ2v) is 7.35. The van der Waals surface area contributed by atoms with E-state index in [0.29, 0.717) is 12.5 Å². The van der Waals surface area contributed by atoms with Gasteiger partial charge in [0.1, 0.15) is 0 Å². The molecule has 4 nitrogen and oxygen atoms in total. The Labute approximate surface area is 161 Å². The van der Waals surface area contributed by atoms with Gasteiger partial charge in [0.15, 0.2) is 0 Å². The molecule has 2 aromatic rings. The van der Waals surface area contributed by atoms with Crippen molar-refractivity contribution in [2.75, 3.05) is 6.54 Å². The summed E-state index contributed by atoms with van der Waals surface area (Å²) in [5.41, 5.74) is 9.13. The minimum Gasteiger partial charge on any atom is -0.374 e. The van der Waals surface area contributed by atoms with Crippen LogP contribution in [0, 0.1) is 0 Å². The summed E-state index contributed by atoms with van der Waals surface area (Å²) in [4.78, 5) is 5.07. The summed E-state index contributed by atoms with van der Waals surface area (Å²) in [6.45, 7) is 3.82. The number of hydrogen-bond acceptors (Lipinski definition) is 4. The van der Waals surface area contributed by atoms with E-state index < -0.39 is 0 Å². The van der Waals surface area contributed by atoms with E-state index in [1.165, 1.54) is 18.4 Å². The minimum absolute atomic E-state index is 0.256. The van der Waals surface area contributed by atoms with Gasteiger partial charge in [-0.05, 0) is 23.6 Å². The van der Waals surface area contributed by atoms with Crippen molar-refractivity contribution in [1.29, 1.82) is 0 Å². The first kappa shape index (κ1) is 19.0. The Morgan fingerprint density at radius 1 is 1.23 bits per heavy atom. The predicted molar refractivity (Wildman–Crippen MR) is 111 cm³/mol. The number of benzene rings is 1. The topological polar surface area (TPSA) is 49.0 Å². The van der Waals surface area contributed by atoms with Crippen LogP contribution in [-0.2, 0) is 6.54 Å². The highest BCUT2D eigenvalue weighted by molar-refractivity contribution is 7.80. The smallest absolute Gasteiger partial charge is 0.0980 e. The van der Waals surface area contributed by atoms with Crippen molar-refractivity contribution in [3.63, 3.8) is 0 Å². The third-order valence-corrected chi connectivity index (χ3v) is 5.68. The lowest BCUT2D eigenvalue weighted by atomic mass is 9.77. The summed E-state index contributed by atoms with van der Waals surface area (Å²) < 4.78 is 0. The number of nitrogens with zero attached hydrogens (tertiary/aromatic N) is 1. The van der Waals surface area contributed by atoms with E-state index in [4.69, 9.17) is 12.2 Å². The first-order valence-electron chi connectivity index (χ1n) is 9.48. The molecule has 0 bridgehead atoms. The summed E-state index contributed by atoms with van der Waals surface area (Å²) in [5, 5.41) is 3.50. The number of thiocarbonyl (C=S) groups is 1. The Bertz CT molecular complexity index is 692. The fourth-order valence-electron chi connectivity index (χ4n) is 3.72. The highest BCUT2D eigenvalue weighted by Gasteiger charge is 2.46. The monoisotopic (exact) mass is 368 g/mol. The van der Waals surface area contributed by atoms with Crippen LogP contribution >= 0.6 is 12.2 Å². The van der Waals surface area contributed by atoms with E-state index in [1.54, 1.807) is 6.20 Å². The fourth-order valence-corrected chi connectivity index (χ4v) is 4.09. The maximum Gasteiger partial charge on any atom is 0.0980 e. The van der Waals surface area contributed by atoms with Gasteiger partial charge in [0.25, 0.3) is 0 Å². The Balaban J connectivity index is 1.79. The molecule has 2 atom stereocenters.